The molecular formula is C18H16N4O2. The zero-order valence-corrected chi connectivity index (χ0v) is 13.7. The van der Waals surface area contributed by atoms with E-state index in [1.807, 2.05) is 51.2 Å². The second-order valence-electron chi connectivity index (χ2n) is 6.74. The van der Waals surface area contributed by atoms with Crippen LogP contribution in [0.25, 0.3) is 16.8 Å². The number of nitriles is 1. The summed E-state index contributed by atoms with van der Waals surface area (Å²) < 4.78 is 12.4. The van der Waals surface area contributed by atoms with Crippen molar-refractivity contribution in [1.29, 1.82) is 5.26 Å². The van der Waals surface area contributed by atoms with E-state index in [4.69, 9.17) is 9.47 Å². The van der Waals surface area contributed by atoms with E-state index >= 15 is 0 Å². The summed E-state index contributed by atoms with van der Waals surface area (Å²) in [6.07, 6.45) is 1.83. The molecule has 0 fully saturated rings. The van der Waals surface area contributed by atoms with Crippen LogP contribution in [-0.2, 0) is 5.41 Å². The fourth-order valence-electron chi connectivity index (χ4n) is 2.68. The van der Waals surface area contributed by atoms with E-state index in [-0.39, 0.29) is 12.2 Å². The maximum Gasteiger partial charge on any atom is 0.231 e. The highest BCUT2D eigenvalue weighted by Gasteiger charge is 2.22. The molecule has 0 unspecified atom stereocenters. The lowest BCUT2D eigenvalue weighted by Gasteiger charge is -2.11. The van der Waals surface area contributed by atoms with Gasteiger partial charge in [-0.3, -0.25) is 0 Å². The molecule has 1 aliphatic heterocycles. The zero-order chi connectivity index (χ0) is 16.9. The molecule has 3 heterocycles. The van der Waals surface area contributed by atoms with Crippen LogP contribution in [0.15, 0.2) is 30.5 Å². The molecule has 4 rings (SSSR count). The number of ether oxygens (including phenoxy) is 2. The first-order valence-electron chi connectivity index (χ1n) is 7.67. The Bertz CT molecular complexity index is 993. The van der Waals surface area contributed by atoms with Gasteiger partial charge in [-0.25, -0.2) is 9.50 Å². The SMILES string of the molecule is CC(C)(C)c1nc2c(C#N)c(-c3ccc4c(c3)OCO4)ccn2n1. The van der Waals surface area contributed by atoms with Crippen molar-refractivity contribution in [3.8, 4) is 28.7 Å². The maximum absolute atomic E-state index is 9.70. The summed E-state index contributed by atoms with van der Waals surface area (Å²) in [4.78, 5) is 4.59. The molecule has 6 heteroatoms. The minimum Gasteiger partial charge on any atom is -0.454 e. The van der Waals surface area contributed by atoms with Gasteiger partial charge >= 0.3 is 0 Å². The van der Waals surface area contributed by atoms with Crippen molar-refractivity contribution in [2.45, 2.75) is 26.2 Å². The third-order valence-corrected chi connectivity index (χ3v) is 3.97. The summed E-state index contributed by atoms with van der Waals surface area (Å²) in [5.74, 6) is 2.12. The number of hydrogen-bond donors (Lipinski definition) is 0. The quantitative estimate of drug-likeness (QED) is 0.688. The van der Waals surface area contributed by atoms with Gasteiger partial charge in [0.2, 0.25) is 6.79 Å². The summed E-state index contributed by atoms with van der Waals surface area (Å²) in [5, 5.41) is 14.2. The van der Waals surface area contributed by atoms with Gasteiger partial charge in [-0.15, -0.1) is 0 Å². The van der Waals surface area contributed by atoms with Crippen molar-refractivity contribution in [3.63, 3.8) is 0 Å². The summed E-state index contributed by atoms with van der Waals surface area (Å²) in [6.45, 7) is 6.37. The third kappa shape index (κ3) is 2.17. The molecule has 24 heavy (non-hydrogen) atoms. The summed E-state index contributed by atoms with van der Waals surface area (Å²) >= 11 is 0. The van der Waals surface area contributed by atoms with Crippen LogP contribution >= 0.6 is 0 Å². The number of nitrogens with zero attached hydrogens (tertiary/aromatic N) is 4. The largest absolute Gasteiger partial charge is 0.454 e. The van der Waals surface area contributed by atoms with Crippen molar-refractivity contribution < 1.29 is 9.47 Å². The first-order valence-corrected chi connectivity index (χ1v) is 7.67. The fourth-order valence-corrected chi connectivity index (χ4v) is 2.68. The van der Waals surface area contributed by atoms with Gasteiger partial charge in [0.15, 0.2) is 23.0 Å². The summed E-state index contributed by atoms with van der Waals surface area (Å²) in [7, 11) is 0. The molecule has 6 nitrogen and oxygen atoms in total. The molecule has 0 aliphatic carbocycles. The van der Waals surface area contributed by atoms with Crippen molar-refractivity contribution in [2.75, 3.05) is 6.79 Å². The highest BCUT2D eigenvalue weighted by Crippen LogP contribution is 2.37. The normalized spacial score (nSPS) is 13.2. The lowest BCUT2D eigenvalue weighted by Crippen LogP contribution is -2.13. The Morgan fingerprint density at radius 2 is 1.96 bits per heavy atom. The molecule has 0 saturated heterocycles. The van der Waals surface area contributed by atoms with Gasteiger partial charge in [-0.1, -0.05) is 26.8 Å². The Morgan fingerprint density at radius 3 is 2.71 bits per heavy atom. The van der Waals surface area contributed by atoms with Gasteiger partial charge in [-0.2, -0.15) is 10.4 Å². The van der Waals surface area contributed by atoms with Crippen LogP contribution in [-0.4, -0.2) is 21.4 Å². The van der Waals surface area contributed by atoms with Crippen molar-refractivity contribution in [1.82, 2.24) is 14.6 Å². The average molecular weight is 320 g/mol. The Balaban J connectivity index is 1.92. The average Bonchev–Trinajstić information content (AvgIpc) is 3.18. The van der Waals surface area contributed by atoms with E-state index in [1.165, 1.54) is 0 Å². The van der Waals surface area contributed by atoms with E-state index in [0.717, 1.165) is 16.9 Å². The van der Waals surface area contributed by atoms with Gasteiger partial charge in [0.05, 0.1) is 0 Å². The van der Waals surface area contributed by atoms with Crippen molar-refractivity contribution in [2.24, 2.45) is 0 Å². The molecule has 0 radical (unpaired) electrons. The summed E-state index contributed by atoms with van der Waals surface area (Å²) in [5.41, 5.74) is 2.57. The zero-order valence-electron chi connectivity index (χ0n) is 13.7. The van der Waals surface area contributed by atoms with E-state index in [9.17, 15) is 5.26 Å². The van der Waals surface area contributed by atoms with Gasteiger partial charge in [-0.05, 0) is 23.8 Å². The first-order chi connectivity index (χ1) is 11.5. The molecule has 2 aromatic heterocycles. The number of fused-ring (bicyclic) bond motifs is 2. The van der Waals surface area contributed by atoms with Crippen LogP contribution in [0, 0.1) is 11.3 Å². The first kappa shape index (κ1) is 14.5. The van der Waals surface area contributed by atoms with Gasteiger partial charge < -0.3 is 9.47 Å². The van der Waals surface area contributed by atoms with E-state index in [0.29, 0.717) is 22.8 Å². The Labute approximate surface area is 139 Å². The molecule has 0 amide bonds. The number of hydrogen-bond acceptors (Lipinski definition) is 5. The minimum atomic E-state index is -0.183. The van der Waals surface area contributed by atoms with Crippen LogP contribution in [0.1, 0.15) is 32.2 Å². The molecule has 120 valence electrons. The van der Waals surface area contributed by atoms with Crippen LogP contribution in [0.3, 0.4) is 0 Å². The summed E-state index contributed by atoms with van der Waals surface area (Å²) in [6, 6.07) is 9.81. The van der Waals surface area contributed by atoms with Crippen LogP contribution < -0.4 is 9.47 Å². The van der Waals surface area contributed by atoms with Crippen LogP contribution in [0.2, 0.25) is 0 Å². The van der Waals surface area contributed by atoms with Crippen LogP contribution in [0.5, 0.6) is 11.5 Å². The Hall–Kier alpha value is -3.07. The van der Waals surface area contributed by atoms with Crippen molar-refractivity contribution in [3.05, 3.63) is 41.9 Å². The monoisotopic (exact) mass is 320 g/mol. The Kier molecular flexibility index (Phi) is 3.00. The van der Waals surface area contributed by atoms with Gasteiger partial charge in [0.1, 0.15) is 11.6 Å². The molecular weight excluding hydrogens is 304 g/mol. The van der Waals surface area contributed by atoms with Crippen molar-refractivity contribution >= 4 is 5.65 Å². The Morgan fingerprint density at radius 1 is 1.17 bits per heavy atom. The lowest BCUT2D eigenvalue weighted by atomic mass is 9.96. The number of aromatic nitrogens is 3. The predicted molar refractivity (Wildman–Crippen MR) is 88.0 cm³/mol. The van der Waals surface area contributed by atoms with Gasteiger partial charge in [0, 0.05) is 17.2 Å². The fraction of sp³-hybridized carbons (Fsp3) is 0.278. The second-order valence-corrected chi connectivity index (χ2v) is 6.74. The smallest absolute Gasteiger partial charge is 0.231 e. The third-order valence-electron chi connectivity index (χ3n) is 3.97. The molecule has 0 spiro atoms. The van der Waals surface area contributed by atoms with Gasteiger partial charge in [0.25, 0.3) is 0 Å². The highest BCUT2D eigenvalue weighted by molar-refractivity contribution is 5.78. The van der Waals surface area contributed by atoms with E-state index < -0.39 is 0 Å². The lowest BCUT2D eigenvalue weighted by molar-refractivity contribution is 0.174. The molecule has 0 bridgehead atoms. The molecule has 3 aromatic rings. The minimum absolute atomic E-state index is 0.183. The number of pyridine rings is 1. The molecule has 0 N–H and O–H groups in total. The van der Waals surface area contributed by atoms with Crippen LogP contribution in [0.4, 0.5) is 0 Å². The standard InChI is InChI=1S/C18H16N4O2/c1-18(2,3)17-20-16-13(9-19)12(6-7-22(16)21-17)11-4-5-14-15(8-11)24-10-23-14/h4-8H,10H2,1-3H3. The predicted octanol–water partition coefficient (Wildman–Crippen LogP) is 3.29. The highest BCUT2D eigenvalue weighted by atomic mass is 16.7. The maximum atomic E-state index is 9.70. The van der Waals surface area contributed by atoms with E-state index in [1.54, 1.807) is 4.52 Å². The van der Waals surface area contributed by atoms with E-state index in [2.05, 4.69) is 16.2 Å². The molecule has 0 atom stereocenters. The molecule has 0 saturated carbocycles. The molecule has 1 aliphatic rings. The number of benzene rings is 1. The topological polar surface area (TPSA) is 72.4 Å². The number of rotatable bonds is 1. The molecule has 1 aromatic carbocycles. The second kappa shape index (κ2) is 4.96.